The Morgan fingerprint density at radius 1 is 1.25 bits per heavy atom. The number of hydrogen-bond acceptors (Lipinski definition) is 3. The molecule has 0 aliphatic heterocycles. The molecule has 1 rings (SSSR count). The van der Waals surface area contributed by atoms with Crippen LogP contribution in [0, 0.1) is 5.41 Å². The molecule has 1 aliphatic carbocycles. The third-order valence-electron chi connectivity index (χ3n) is 3.41. The summed E-state index contributed by atoms with van der Waals surface area (Å²) in [5, 5.41) is 3.51. The second-order valence-corrected chi connectivity index (χ2v) is 8.60. The molecule has 4 heteroatoms. The summed E-state index contributed by atoms with van der Waals surface area (Å²) in [4.78, 5) is 0. The lowest BCUT2D eigenvalue weighted by molar-refractivity contribution is 0.114. The van der Waals surface area contributed by atoms with Crippen LogP contribution in [-0.4, -0.2) is 32.5 Å². The molecule has 16 heavy (non-hydrogen) atoms. The minimum Gasteiger partial charge on any atom is -0.312 e. The van der Waals surface area contributed by atoms with Gasteiger partial charge in [0.05, 0.1) is 5.75 Å². The molecule has 1 N–H and O–H groups in total. The van der Waals surface area contributed by atoms with Crippen LogP contribution in [-0.2, 0) is 9.84 Å². The minimum absolute atomic E-state index is 0.119. The van der Waals surface area contributed by atoms with E-state index in [4.69, 9.17) is 0 Å². The number of rotatable bonds is 5. The van der Waals surface area contributed by atoms with Crippen molar-refractivity contribution in [2.75, 3.05) is 18.6 Å². The lowest BCUT2D eigenvalue weighted by Crippen LogP contribution is -2.47. The monoisotopic (exact) mass is 247 g/mol. The average molecular weight is 247 g/mol. The Morgan fingerprint density at radius 2 is 1.81 bits per heavy atom. The summed E-state index contributed by atoms with van der Waals surface area (Å²) in [6.45, 7) is 7.40. The van der Waals surface area contributed by atoms with Crippen LogP contribution in [0.3, 0.4) is 0 Å². The van der Waals surface area contributed by atoms with E-state index in [-0.39, 0.29) is 11.0 Å². The number of nitrogens with one attached hydrogen (secondary N) is 1. The smallest absolute Gasteiger partial charge is 0.147 e. The van der Waals surface area contributed by atoms with Crippen molar-refractivity contribution in [1.29, 1.82) is 0 Å². The molecular formula is C12H25NO2S. The fourth-order valence-corrected chi connectivity index (χ4v) is 2.85. The van der Waals surface area contributed by atoms with Gasteiger partial charge in [-0.2, -0.15) is 0 Å². The van der Waals surface area contributed by atoms with E-state index in [0.29, 0.717) is 5.75 Å². The molecule has 0 unspecified atom stereocenters. The van der Waals surface area contributed by atoms with Gasteiger partial charge in [0.1, 0.15) is 9.84 Å². The summed E-state index contributed by atoms with van der Waals surface area (Å²) in [6.07, 6.45) is 5.73. The van der Waals surface area contributed by atoms with Gasteiger partial charge in [0, 0.05) is 18.3 Å². The first-order chi connectivity index (χ1) is 7.12. The van der Waals surface area contributed by atoms with Gasteiger partial charge >= 0.3 is 0 Å². The first kappa shape index (κ1) is 14.0. The Hall–Kier alpha value is -0.0900. The van der Waals surface area contributed by atoms with Gasteiger partial charge in [0.2, 0.25) is 0 Å². The summed E-state index contributed by atoms with van der Waals surface area (Å²) >= 11 is 0. The zero-order valence-electron chi connectivity index (χ0n) is 11.0. The first-order valence-electron chi connectivity index (χ1n) is 6.05. The van der Waals surface area contributed by atoms with Crippen LogP contribution in [0.25, 0.3) is 0 Å². The van der Waals surface area contributed by atoms with Gasteiger partial charge in [-0.05, 0) is 45.4 Å². The molecule has 0 amide bonds. The fraction of sp³-hybridized carbons (Fsp3) is 1.00. The van der Waals surface area contributed by atoms with E-state index in [2.05, 4.69) is 26.1 Å². The molecule has 0 spiro atoms. The maximum Gasteiger partial charge on any atom is 0.147 e. The number of sulfone groups is 1. The largest absolute Gasteiger partial charge is 0.312 e. The van der Waals surface area contributed by atoms with Gasteiger partial charge in [-0.15, -0.1) is 0 Å². The van der Waals surface area contributed by atoms with Crippen LogP contribution in [0.2, 0.25) is 0 Å². The second kappa shape index (κ2) is 4.65. The van der Waals surface area contributed by atoms with E-state index >= 15 is 0 Å². The molecule has 1 fully saturated rings. The van der Waals surface area contributed by atoms with Crippen molar-refractivity contribution in [2.24, 2.45) is 5.41 Å². The molecular weight excluding hydrogens is 222 g/mol. The Labute approximate surface area is 99.9 Å². The summed E-state index contributed by atoms with van der Waals surface area (Å²) < 4.78 is 22.4. The highest BCUT2D eigenvalue weighted by Gasteiger charge is 2.37. The van der Waals surface area contributed by atoms with Gasteiger partial charge in [0.25, 0.3) is 0 Å². The molecule has 0 heterocycles. The molecule has 0 saturated heterocycles. The third-order valence-corrected chi connectivity index (χ3v) is 4.36. The Morgan fingerprint density at radius 3 is 2.12 bits per heavy atom. The first-order valence-corrected chi connectivity index (χ1v) is 8.11. The van der Waals surface area contributed by atoms with Gasteiger partial charge < -0.3 is 5.32 Å². The van der Waals surface area contributed by atoms with Crippen molar-refractivity contribution in [3.05, 3.63) is 0 Å². The van der Waals surface area contributed by atoms with Crippen molar-refractivity contribution in [1.82, 2.24) is 5.32 Å². The third kappa shape index (κ3) is 4.83. The maximum absolute atomic E-state index is 11.2. The van der Waals surface area contributed by atoms with Crippen molar-refractivity contribution in [2.45, 2.75) is 52.0 Å². The SMILES string of the molecule is CC(C)(C)NCC1(CCS(C)(=O)=O)CCC1. The number of hydrogen-bond donors (Lipinski definition) is 1. The van der Waals surface area contributed by atoms with Gasteiger partial charge in [-0.1, -0.05) is 6.42 Å². The van der Waals surface area contributed by atoms with E-state index in [0.717, 1.165) is 13.0 Å². The normalized spacial score (nSPS) is 20.5. The average Bonchev–Trinajstić information content (AvgIpc) is 1.97. The minimum atomic E-state index is -2.82. The van der Waals surface area contributed by atoms with Gasteiger partial charge in [-0.25, -0.2) is 8.42 Å². The van der Waals surface area contributed by atoms with Crippen LogP contribution < -0.4 is 5.32 Å². The Balaban J connectivity index is 2.45. The molecule has 0 aromatic rings. The summed E-state index contributed by atoms with van der Waals surface area (Å²) in [7, 11) is -2.82. The Bertz CT molecular complexity index is 323. The van der Waals surface area contributed by atoms with E-state index in [1.165, 1.54) is 25.5 Å². The molecule has 96 valence electrons. The molecule has 0 atom stereocenters. The highest BCUT2D eigenvalue weighted by Crippen LogP contribution is 2.43. The molecule has 1 aliphatic rings. The van der Waals surface area contributed by atoms with Crippen LogP contribution in [0.15, 0.2) is 0 Å². The highest BCUT2D eigenvalue weighted by molar-refractivity contribution is 7.90. The standard InChI is InChI=1S/C12H25NO2S/c1-11(2,3)13-10-12(6-5-7-12)8-9-16(4,14)15/h13H,5-10H2,1-4H3. The summed E-state index contributed by atoms with van der Waals surface area (Å²) in [6, 6.07) is 0. The van der Waals surface area contributed by atoms with Crippen molar-refractivity contribution >= 4 is 9.84 Å². The van der Waals surface area contributed by atoms with Crippen molar-refractivity contribution < 1.29 is 8.42 Å². The van der Waals surface area contributed by atoms with Crippen LogP contribution in [0.5, 0.6) is 0 Å². The zero-order valence-corrected chi connectivity index (χ0v) is 11.8. The summed E-state index contributed by atoms with van der Waals surface area (Å²) in [5.41, 5.74) is 0.365. The quantitative estimate of drug-likeness (QED) is 0.808. The molecule has 0 aromatic carbocycles. The van der Waals surface area contributed by atoms with Crippen LogP contribution in [0.1, 0.15) is 46.5 Å². The van der Waals surface area contributed by atoms with Gasteiger partial charge in [-0.3, -0.25) is 0 Å². The molecule has 0 bridgehead atoms. The Kier molecular flexibility index (Phi) is 4.06. The molecule has 3 nitrogen and oxygen atoms in total. The molecule has 0 radical (unpaired) electrons. The predicted molar refractivity (Wildman–Crippen MR) is 68.4 cm³/mol. The van der Waals surface area contributed by atoms with Crippen LogP contribution >= 0.6 is 0 Å². The van der Waals surface area contributed by atoms with Crippen molar-refractivity contribution in [3.63, 3.8) is 0 Å². The topological polar surface area (TPSA) is 46.2 Å². The molecule has 0 aromatic heterocycles. The lowest BCUT2D eigenvalue weighted by atomic mass is 9.67. The highest BCUT2D eigenvalue weighted by atomic mass is 32.2. The second-order valence-electron chi connectivity index (χ2n) is 6.34. The maximum atomic E-state index is 11.2. The summed E-state index contributed by atoms with van der Waals surface area (Å²) in [5.74, 6) is 0.332. The fourth-order valence-electron chi connectivity index (χ4n) is 2.05. The van der Waals surface area contributed by atoms with E-state index in [1.54, 1.807) is 0 Å². The predicted octanol–water partition coefficient (Wildman–Crippen LogP) is 1.98. The lowest BCUT2D eigenvalue weighted by Gasteiger charge is -2.44. The van der Waals surface area contributed by atoms with E-state index in [1.807, 2.05) is 0 Å². The van der Waals surface area contributed by atoms with Crippen molar-refractivity contribution in [3.8, 4) is 0 Å². The van der Waals surface area contributed by atoms with Gasteiger partial charge in [0.15, 0.2) is 0 Å². The zero-order chi connectivity index (χ0) is 12.4. The molecule has 1 saturated carbocycles. The van der Waals surface area contributed by atoms with E-state index < -0.39 is 9.84 Å². The van der Waals surface area contributed by atoms with E-state index in [9.17, 15) is 8.42 Å². The van der Waals surface area contributed by atoms with Crippen LogP contribution in [0.4, 0.5) is 0 Å².